The van der Waals surface area contributed by atoms with Crippen LogP contribution in [0.1, 0.15) is 82.2 Å². The second kappa shape index (κ2) is 12.7. The SMILES string of the molecule is COc1cccc2c1C(=O)c1c(O)c3c(c(O)c1C2=O)C[C@@](O)(C(=O)N1CC2CC(C1)N2C(C)=O)C[C@@H]3O[C@H]1C[C@H]2[C@H](O[C@@H]3[C@@H](OC)OCCN32)[C@H](C)O1. The number of piperazine rings is 1. The monoisotopic (exact) mass is 749 g/mol. The highest BCUT2D eigenvalue weighted by Crippen LogP contribution is 2.53. The fourth-order valence-corrected chi connectivity index (χ4v) is 10.1. The Morgan fingerprint density at radius 1 is 0.981 bits per heavy atom. The molecular formula is C38H43N3O13. The van der Waals surface area contributed by atoms with Crippen LogP contribution in [0.2, 0.25) is 0 Å². The van der Waals surface area contributed by atoms with Gasteiger partial charge in [-0.25, -0.2) is 0 Å². The molecule has 2 aromatic rings. The number of rotatable bonds is 5. The summed E-state index contributed by atoms with van der Waals surface area (Å²) in [5.74, 6) is -3.26. The molecule has 6 saturated heterocycles. The number of phenolic OH excluding ortho intramolecular Hbond substituents is 2. The minimum absolute atomic E-state index is 0.0165. The first kappa shape index (κ1) is 35.5. The molecule has 6 heterocycles. The van der Waals surface area contributed by atoms with E-state index in [9.17, 15) is 34.5 Å². The zero-order valence-electron chi connectivity index (χ0n) is 30.4. The second-order valence-corrected chi connectivity index (χ2v) is 15.4. The molecule has 8 aliphatic rings. The molecule has 6 fully saturated rings. The van der Waals surface area contributed by atoms with Crippen molar-refractivity contribution in [2.24, 2.45) is 0 Å². The number of piperidine rings is 1. The van der Waals surface area contributed by atoms with E-state index in [1.54, 1.807) is 18.1 Å². The Balaban J connectivity index is 1.10. The number of fused-ring (bicyclic) bond motifs is 8. The number of morpholine rings is 1. The van der Waals surface area contributed by atoms with Crippen molar-refractivity contribution >= 4 is 23.4 Å². The second-order valence-electron chi connectivity index (χ2n) is 15.4. The number of aromatic hydroxyl groups is 2. The van der Waals surface area contributed by atoms with Gasteiger partial charge >= 0.3 is 0 Å². The molecule has 288 valence electrons. The summed E-state index contributed by atoms with van der Waals surface area (Å²) in [7, 11) is 2.91. The summed E-state index contributed by atoms with van der Waals surface area (Å²) in [6, 6.07) is 3.97. The van der Waals surface area contributed by atoms with Crippen LogP contribution in [0.25, 0.3) is 0 Å². The highest BCUT2D eigenvalue weighted by Gasteiger charge is 2.57. The average molecular weight is 750 g/mol. The number of hydrogen-bond donors (Lipinski definition) is 3. The van der Waals surface area contributed by atoms with Crippen LogP contribution in [0, 0.1) is 0 Å². The van der Waals surface area contributed by atoms with Gasteiger partial charge in [0.25, 0.3) is 5.91 Å². The molecule has 10 rings (SSSR count). The molecule has 2 bridgehead atoms. The van der Waals surface area contributed by atoms with Crippen LogP contribution in [-0.2, 0) is 39.7 Å². The van der Waals surface area contributed by atoms with Gasteiger partial charge in [-0.1, -0.05) is 12.1 Å². The lowest BCUT2D eigenvalue weighted by Gasteiger charge is -2.57. The van der Waals surface area contributed by atoms with Gasteiger partial charge in [-0.15, -0.1) is 0 Å². The number of benzene rings is 2. The van der Waals surface area contributed by atoms with Crippen molar-refractivity contribution in [2.45, 2.75) is 100 Å². The van der Waals surface area contributed by atoms with Crippen LogP contribution in [0.4, 0.5) is 0 Å². The standard InChI is InChI=1S/C38H43N3O13/c1-16-34-22(40-8-9-51-36(50-4)35(40)54-34)11-25(52-16)53-24-13-38(48,37(47)39-14-18-10-19(15-39)41(18)17(2)42)12-21-27(24)33(46)29-28(31(21)44)30(43)20-6-5-7-23(49-3)26(20)32(29)45/h5-7,16,18-19,22,24-25,34-36,44,46,48H,8-15H2,1-4H3/t16-,18?,19?,22-,24-,25-,34+,35+,36-,38-/m0/s1. The number of amides is 2. The van der Waals surface area contributed by atoms with E-state index in [2.05, 4.69) is 4.90 Å². The van der Waals surface area contributed by atoms with Crippen LogP contribution in [0.5, 0.6) is 17.2 Å². The third-order valence-electron chi connectivity index (χ3n) is 12.4. The minimum atomic E-state index is -2.16. The Kier molecular flexibility index (Phi) is 8.35. The van der Waals surface area contributed by atoms with Gasteiger partial charge in [0.05, 0.1) is 54.7 Å². The Labute approximate surface area is 310 Å². The van der Waals surface area contributed by atoms with E-state index in [1.807, 2.05) is 6.92 Å². The Hall–Kier alpha value is -4.16. The summed E-state index contributed by atoms with van der Waals surface area (Å²) in [5.41, 5.74) is -3.18. The van der Waals surface area contributed by atoms with E-state index in [-0.39, 0.29) is 77.7 Å². The van der Waals surface area contributed by atoms with Gasteiger partial charge < -0.3 is 53.5 Å². The maximum Gasteiger partial charge on any atom is 0.255 e. The lowest BCUT2D eigenvalue weighted by atomic mass is 9.72. The molecule has 16 heteroatoms. The van der Waals surface area contributed by atoms with Gasteiger partial charge in [0.2, 0.25) is 11.7 Å². The molecule has 16 nitrogen and oxygen atoms in total. The normalized spacial score (nSPS) is 35.3. The van der Waals surface area contributed by atoms with E-state index in [0.717, 1.165) is 6.42 Å². The lowest BCUT2D eigenvalue weighted by molar-refractivity contribution is -0.256. The van der Waals surface area contributed by atoms with E-state index in [1.165, 1.54) is 31.1 Å². The van der Waals surface area contributed by atoms with E-state index in [4.69, 9.17) is 28.4 Å². The van der Waals surface area contributed by atoms with Crippen LogP contribution in [0.15, 0.2) is 18.2 Å². The Morgan fingerprint density at radius 2 is 1.72 bits per heavy atom. The van der Waals surface area contributed by atoms with Crippen molar-refractivity contribution in [3.63, 3.8) is 0 Å². The fraction of sp³-hybridized carbons (Fsp3) is 0.579. The molecule has 2 amide bonds. The Bertz CT molecular complexity index is 1960. The predicted octanol–water partition coefficient (Wildman–Crippen LogP) is 0.982. The van der Waals surface area contributed by atoms with Gasteiger partial charge in [-0.05, 0) is 19.4 Å². The number of ether oxygens (including phenoxy) is 6. The number of aliphatic hydroxyl groups is 1. The van der Waals surface area contributed by atoms with Gasteiger partial charge in [0.15, 0.2) is 24.6 Å². The van der Waals surface area contributed by atoms with Crippen LogP contribution >= 0.6 is 0 Å². The van der Waals surface area contributed by atoms with E-state index < -0.39 is 83.1 Å². The van der Waals surface area contributed by atoms with Crippen molar-refractivity contribution in [1.29, 1.82) is 0 Å². The molecule has 0 radical (unpaired) electrons. The molecule has 0 saturated carbocycles. The molecule has 6 aliphatic heterocycles. The number of nitrogens with zero attached hydrogens (tertiary/aromatic N) is 3. The molecule has 3 N–H and O–H groups in total. The molecule has 54 heavy (non-hydrogen) atoms. The summed E-state index contributed by atoms with van der Waals surface area (Å²) < 4.78 is 36.0. The Morgan fingerprint density at radius 3 is 2.43 bits per heavy atom. The summed E-state index contributed by atoms with van der Waals surface area (Å²) in [6.45, 7) is 4.78. The van der Waals surface area contributed by atoms with Gasteiger partial charge in [0, 0.05) is 75.7 Å². The highest BCUT2D eigenvalue weighted by atomic mass is 16.7. The quantitative estimate of drug-likeness (QED) is 0.313. The molecule has 2 unspecified atom stereocenters. The zero-order valence-corrected chi connectivity index (χ0v) is 30.4. The summed E-state index contributed by atoms with van der Waals surface area (Å²) >= 11 is 0. The summed E-state index contributed by atoms with van der Waals surface area (Å²) in [4.78, 5) is 60.2. The van der Waals surface area contributed by atoms with E-state index in [0.29, 0.717) is 19.6 Å². The third kappa shape index (κ3) is 5.07. The first-order valence-corrected chi connectivity index (χ1v) is 18.4. The minimum Gasteiger partial charge on any atom is -0.507 e. The number of phenols is 2. The van der Waals surface area contributed by atoms with Crippen molar-refractivity contribution in [3.8, 4) is 17.2 Å². The topological polar surface area (TPSA) is 194 Å². The van der Waals surface area contributed by atoms with Crippen molar-refractivity contribution in [1.82, 2.24) is 14.7 Å². The number of hydrogen-bond acceptors (Lipinski definition) is 14. The molecule has 10 atom stereocenters. The number of ketones is 2. The summed E-state index contributed by atoms with van der Waals surface area (Å²) in [5, 5.41) is 36.4. The first-order valence-electron chi connectivity index (χ1n) is 18.4. The van der Waals surface area contributed by atoms with Crippen molar-refractivity contribution in [2.75, 3.05) is 40.5 Å². The smallest absolute Gasteiger partial charge is 0.255 e. The zero-order chi connectivity index (χ0) is 38.0. The third-order valence-corrected chi connectivity index (χ3v) is 12.4. The molecule has 2 aromatic carbocycles. The first-order chi connectivity index (χ1) is 25.8. The lowest BCUT2D eigenvalue weighted by Crippen LogP contribution is -2.72. The number of carbonyl (C=O) groups excluding carboxylic acids is 4. The fourth-order valence-electron chi connectivity index (χ4n) is 10.1. The van der Waals surface area contributed by atoms with Gasteiger partial charge in [-0.2, -0.15) is 0 Å². The highest BCUT2D eigenvalue weighted by molar-refractivity contribution is 6.31. The van der Waals surface area contributed by atoms with Crippen molar-refractivity contribution < 1.29 is 62.9 Å². The molecule has 0 spiro atoms. The maximum absolute atomic E-state index is 14.4. The van der Waals surface area contributed by atoms with Gasteiger partial charge in [-0.3, -0.25) is 24.1 Å². The molecular weight excluding hydrogens is 706 g/mol. The predicted molar refractivity (Wildman–Crippen MR) is 183 cm³/mol. The molecule has 2 aliphatic carbocycles. The molecule has 0 aromatic heterocycles. The van der Waals surface area contributed by atoms with Crippen LogP contribution in [0.3, 0.4) is 0 Å². The van der Waals surface area contributed by atoms with Crippen molar-refractivity contribution in [3.05, 3.63) is 51.6 Å². The van der Waals surface area contributed by atoms with Crippen LogP contribution in [-0.4, -0.2) is 149 Å². The number of carbonyl (C=O) groups is 4. The van der Waals surface area contributed by atoms with E-state index >= 15 is 0 Å². The maximum atomic E-state index is 14.4. The largest absolute Gasteiger partial charge is 0.507 e. The summed E-state index contributed by atoms with van der Waals surface area (Å²) in [6.07, 6.45) is -3.88. The van der Waals surface area contributed by atoms with Crippen LogP contribution < -0.4 is 4.74 Å². The van der Waals surface area contributed by atoms with Gasteiger partial charge in [0.1, 0.15) is 29.0 Å². The average Bonchev–Trinajstić information content (AvgIpc) is 3.53. The number of methoxy groups -OCH3 is 2.